The number of aliphatic hydroxyl groups excluding tert-OH is 5. The van der Waals surface area contributed by atoms with Crippen LogP contribution in [0.2, 0.25) is 0 Å². The van der Waals surface area contributed by atoms with Crippen molar-refractivity contribution >= 4 is 0 Å². The van der Waals surface area contributed by atoms with Crippen molar-refractivity contribution in [3.05, 3.63) is 0 Å². The molecule has 2 rings (SSSR count). The Labute approximate surface area is 141 Å². The van der Waals surface area contributed by atoms with Crippen LogP contribution in [0.4, 0.5) is 0 Å². The number of ether oxygens (including phenoxy) is 2. The number of aliphatic hydroxyl groups is 6. The van der Waals surface area contributed by atoms with Gasteiger partial charge in [0.25, 0.3) is 0 Å². The Balaban J connectivity index is 2.00. The quantitative estimate of drug-likeness (QED) is 0.352. The molecule has 0 spiro atoms. The SMILES string of the molecule is CC(C)(O[C@@H]1O[C@H](CO)[C@@H](O)[C@H](O)[C@H]1O)C1CCC(O)(CO)CC1. The molecule has 0 aromatic carbocycles. The summed E-state index contributed by atoms with van der Waals surface area (Å²) in [5.41, 5.74) is -1.76. The summed E-state index contributed by atoms with van der Waals surface area (Å²) < 4.78 is 11.3. The number of rotatable bonds is 5. The summed E-state index contributed by atoms with van der Waals surface area (Å²) in [5, 5.41) is 58.3. The van der Waals surface area contributed by atoms with Crippen molar-refractivity contribution in [3.8, 4) is 0 Å². The zero-order valence-electron chi connectivity index (χ0n) is 14.2. The molecule has 1 saturated heterocycles. The van der Waals surface area contributed by atoms with Gasteiger partial charge in [0.1, 0.15) is 24.4 Å². The van der Waals surface area contributed by atoms with E-state index in [1.807, 2.05) is 13.8 Å². The Morgan fingerprint density at radius 3 is 2.12 bits per heavy atom. The van der Waals surface area contributed by atoms with Crippen molar-refractivity contribution in [1.82, 2.24) is 0 Å². The second kappa shape index (κ2) is 7.51. The predicted octanol–water partition coefficient (Wildman–Crippen LogP) is -1.50. The van der Waals surface area contributed by atoms with Gasteiger partial charge < -0.3 is 40.1 Å². The maximum Gasteiger partial charge on any atom is 0.187 e. The van der Waals surface area contributed by atoms with Crippen LogP contribution in [0.3, 0.4) is 0 Å². The molecule has 142 valence electrons. The van der Waals surface area contributed by atoms with Crippen LogP contribution >= 0.6 is 0 Å². The van der Waals surface area contributed by atoms with Gasteiger partial charge in [-0.1, -0.05) is 0 Å². The Hall–Kier alpha value is -0.320. The van der Waals surface area contributed by atoms with Gasteiger partial charge in [-0.3, -0.25) is 0 Å². The van der Waals surface area contributed by atoms with Crippen molar-refractivity contribution in [2.24, 2.45) is 5.92 Å². The lowest BCUT2D eigenvalue weighted by Gasteiger charge is -2.46. The lowest BCUT2D eigenvalue weighted by Crippen LogP contribution is -2.61. The average molecular weight is 350 g/mol. The van der Waals surface area contributed by atoms with Gasteiger partial charge in [0.15, 0.2) is 6.29 Å². The van der Waals surface area contributed by atoms with Gasteiger partial charge in [-0.2, -0.15) is 0 Å². The molecule has 0 bridgehead atoms. The minimum Gasteiger partial charge on any atom is -0.394 e. The predicted molar refractivity (Wildman–Crippen MR) is 82.9 cm³/mol. The molecule has 8 heteroatoms. The largest absolute Gasteiger partial charge is 0.394 e. The second-order valence-corrected chi connectivity index (χ2v) is 7.58. The minimum absolute atomic E-state index is 0.0664. The molecule has 1 aliphatic carbocycles. The molecule has 6 N–H and O–H groups in total. The molecule has 1 saturated carbocycles. The van der Waals surface area contributed by atoms with Gasteiger partial charge in [0.2, 0.25) is 0 Å². The highest BCUT2D eigenvalue weighted by molar-refractivity contribution is 4.94. The van der Waals surface area contributed by atoms with Gasteiger partial charge in [0, 0.05) is 0 Å². The third-order valence-electron chi connectivity index (χ3n) is 5.46. The van der Waals surface area contributed by atoms with Crippen LogP contribution in [0.5, 0.6) is 0 Å². The fourth-order valence-electron chi connectivity index (χ4n) is 3.57. The van der Waals surface area contributed by atoms with E-state index < -0.39 is 48.5 Å². The van der Waals surface area contributed by atoms with Gasteiger partial charge in [0.05, 0.1) is 24.4 Å². The van der Waals surface area contributed by atoms with Crippen molar-refractivity contribution in [2.75, 3.05) is 13.2 Å². The van der Waals surface area contributed by atoms with E-state index in [1.165, 1.54) is 0 Å². The molecule has 0 amide bonds. The van der Waals surface area contributed by atoms with Crippen LogP contribution in [0, 0.1) is 5.92 Å². The molecule has 24 heavy (non-hydrogen) atoms. The van der Waals surface area contributed by atoms with E-state index >= 15 is 0 Å². The van der Waals surface area contributed by atoms with E-state index in [0.29, 0.717) is 25.7 Å². The highest BCUT2D eigenvalue weighted by atomic mass is 16.7. The molecule has 5 atom stereocenters. The summed E-state index contributed by atoms with van der Waals surface area (Å²) in [5.74, 6) is 0.0664. The summed E-state index contributed by atoms with van der Waals surface area (Å²) in [6.07, 6.45) is -4.30. The monoisotopic (exact) mass is 350 g/mol. The maximum atomic E-state index is 10.1. The van der Waals surface area contributed by atoms with Crippen molar-refractivity contribution in [3.63, 3.8) is 0 Å². The third-order valence-corrected chi connectivity index (χ3v) is 5.46. The zero-order chi connectivity index (χ0) is 18.1. The highest BCUT2D eigenvalue weighted by Crippen LogP contribution is 2.40. The highest BCUT2D eigenvalue weighted by Gasteiger charge is 2.47. The smallest absolute Gasteiger partial charge is 0.187 e. The van der Waals surface area contributed by atoms with Crippen LogP contribution in [0.1, 0.15) is 39.5 Å². The van der Waals surface area contributed by atoms with Gasteiger partial charge >= 0.3 is 0 Å². The fraction of sp³-hybridized carbons (Fsp3) is 1.00. The summed E-state index contributed by atoms with van der Waals surface area (Å²) >= 11 is 0. The van der Waals surface area contributed by atoms with E-state index in [-0.39, 0.29) is 12.5 Å². The van der Waals surface area contributed by atoms with Crippen LogP contribution < -0.4 is 0 Å². The standard InChI is InChI=1S/C16H30O8/c1-15(2,9-3-5-16(22,8-18)6-4-9)24-14-13(21)12(20)11(19)10(7-17)23-14/h9-14,17-22H,3-8H2,1-2H3/t9?,10-,11-,12+,13-,14+,16?/m1/s1. The van der Waals surface area contributed by atoms with E-state index in [0.717, 1.165) is 0 Å². The average Bonchev–Trinajstić information content (AvgIpc) is 2.55. The maximum absolute atomic E-state index is 10.1. The fourth-order valence-corrected chi connectivity index (χ4v) is 3.57. The van der Waals surface area contributed by atoms with E-state index in [1.54, 1.807) is 0 Å². The van der Waals surface area contributed by atoms with Crippen molar-refractivity contribution in [2.45, 2.75) is 81.4 Å². The molecule has 0 unspecified atom stereocenters. The Kier molecular flexibility index (Phi) is 6.26. The number of hydrogen-bond donors (Lipinski definition) is 6. The molecular weight excluding hydrogens is 320 g/mol. The van der Waals surface area contributed by atoms with Crippen LogP contribution in [-0.2, 0) is 9.47 Å². The molecule has 0 radical (unpaired) electrons. The zero-order valence-corrected chi connectivity index (χ0v) is 14.2. The van der Waals surface area contributed by atoms with Crippen LogP contribution in [0.15, 0.2) is 0 Å². The summed E-state index contributed by atoms with van der Waals surface area (Å²) in [6.45, 7) is 2.90. The number of hydrogen-bond acceptors (Lipinski definition) is 8. The van der Waals surface area contributed by atoms with E-state index in [4.69, 9.17) is 9.47 Å². The lowest BCUT2D eigenvalue weighted by atomic mass is 9.73. The van der Waals surface area contributed by atoms with Crippen molar-refractivity contribution < 1.29 is 40.1 Å². The normalized spacial score (nSPS) is 44.5. The third kappa shape index (κ3) is 4.08. The topological polar surface area (TPSA) is 140 Å². The first-order chi connectivity index (χ1) is 11.1. The van der Waals surface area contributed by atoms with Gasteiger partial charge in [-0.15, -0.1) is 0 Å². The Morgan fingerprint density at radius 1 is 1.04 bits per heavy atom. The Morgan fingerprint density at radius 2 is 1.62 bits per heavy atom. The Bertz CT molecular complexity index is 405. The summed E-state index contributed by atoms with van der Waals surface area (Å²) in [7, 11) is 0. The molecule has 0 aromatic heterocycles. The van der Waals surface area contributed by atoms with E-state index in [2.05, 4.69) is 0 Å². The molecule has 2 aliphatic rings. The molecule has 8 nitrogen and oxygen atoms in total. The first kappa shape index (κ1) is 20.0. The molecule has 1 heterocycles. The molecule has 2 fully saturated rings. The van der Waals surface area contributed by atoms with Crippen LogP contribution in [0.25, 0.3) is 0 Å². The summed E-state index contributed by atoms with van der Waals surface area (Å²) in [6, 6.07) is 0. The molecule has 0 aromatic rings. The van der Waals surface area contributed by atoms with E-state index in [9.17, 15) is 30.6 Å². The minimum atomic E-state index is -1.47. The summed E-state index contributed by atoms with van der Waals surface area (Å²) in [4.78, 5) is 0. The first-order valence-corrected chi connectivity index (χ1v) is 8.45. The molecular formula is C16H30O8. The van der Waals surface area contributed by atoms with Crippen molar-refractivity contribution in [1.29, 1.82) is 0 Å². The second-order valence-electron chi connectivity index (χ2n) is 7.58. The molecule has 1 aliphatic heterocycles. The van der Waals surface area contributed by atoms with Gasteiger partial charge in [-0.25, -0.2) is 0 Å². The van der Waals surface area contributed by atoms with Gasteiger partial charge in [-0.05, 0) is 45.4 Å². The first-order valence-electron chi connectivity index (χ1n) is 8.45. The lowest BCUT2D eigenvalue weighted by molar-refractivity contribution is -0.330. The van der Waals surface area contributed by atoms with Crippen LogP contribution in [-0.4, -0.2) is 85.8 Å².